The van der Waals surface area contributed by atoms with Crippen LogP contribution in [0, 0.1) is 22.7 Å². The molecule has 1 aromatic rings. The molecule has 1 rings (SSSR count). The molecule has 0 saturated carbocycles. The van der Waals surface area contributed by atoms with Gasteiger partial charge in [0.15, 0.2) is 0 Å². The quantitative estimate of drug-likeness (QED) is 0.828. The molecule has 0 fully saturated rings. The molecule has 5 nitrogen and oxygen atoms in total. The van der Waals surface area contributed by atoms with Gasteiger partial charge in [-0.2, -0.15) is 10.5 Å². The second-order valence-corrected chi connectivity index (χ2v) is 4.59. The highest BCUT2D eigenvalue weighted by Gasteiger charge is 2.07. The summed E-state index contributed by atoms with van der Waals surface area (Å²) in [5.41, 5.74) is 1.29. The van der Waals surface area contributed by atoms with Gasteiger partial charge in [0.05, 0.1) is 17.7 Å². The van der Waals surface area contributed by atoms with Crippen LogP contribution in [0.4, 0.5) is 5.69 Å². The van der Waals surface area contributed by atoms with Gasteiger partial charge in [0, 0.05) is 11.7 Å². The zero-order valence-corrected chi connectivity index (χ0v) is 11.7. The Morgan fingerprint density at radius 2 is 2.00 bits per heavy atom. The number of nitrogens with zero attached hydrogens (tertiary/aromatic N) is 2. The molecule has 1 amide bonds. The molecule has 0 aromatic heterocycles. The van der Waals surface area contributed by atoms with Gasteiger partial charge in [-0.25, -0.2) is 0 Å². The summed E-state index contributed by atoms with van der Waals surface area (Å²) in [6, 6.07) is 8.89. The van der Waals surface area contributed by atoms with Crippen molar-refractivity contribution in [1.82, 2.24) is 5.32 Å². The zero-order chi connectivity index (χ0) is 15.0. The van der Waals surface area contributed by atoms with E-state index in [1.807, 2.05) is 19.1 Å². The Kier molecular flexibility index (Phi) is 6.06. The highest BCUT2D eigenvalue weighted by atomic mass is 16.1. The molecule has 104 valence electrons. The molecule has 0 aliphatic heterocycles. The van der Waals surface area contributed by atoms with Crippen molar-refractivity contribution in [3.05, 3.63) is 29.3 Å². The van der Waals surface area contributed by atoms with Crippen LogP contribution >= 0.6 is 0 Å². The number of anilines is 1. The van der Waals surface area contributed by atoms with E-state index in [2.05, 4.69) is 17.6 Å². The molecular weight excluding hydrogens is 252 g/mol. The highest BCUT2D eigenvalue weighted by Crippen LogP contribution is 2.14. The normalized spacial score (nSPS) is 11.0. The maximum absolute atomic E-state index is 11.7. The van der Waals surface area contributed by atoms with Crippen LogP contribution < -0.4 is 10.6 Å². The first-order chi connectivity index (χ1) is 9.60. The molecule has 0 bridgehead atoms. The molecule has 0 aliphatic rings. The lowest BCUT2D eigenvalue weighted by Crippen LogP contribution is -2.36. The summed E-state index contributed by atoms with van der Waals surface area (Å²) < 4.78 is 0. The Bertz CT molecular complexity index is 554. The molecule has 20 heavy (non-hydrogen) atoms. The number of nitrogens with one attached hydrogen (secondary N) is 2. The minimum atomic E-state index is -0.0891. The van der Waals surface area contributed by atoms with Gasteiger partial charge in [0.1, 0.15) is 12.1 Å². The first kappa shape index (κ1) is 15.5. The zero-order valence-electron chi connectivity index (χ0n) is 11.7. The van der Waals surface area contributed by atoms with Gasteiger partial charge in [0.2, 0.25) is 5.91 Å². The van der Waals surface area contributed by atoms with E-state index in [0.29, 0.717) is 16.8 Å². The Hall–Kier alpha value is -2.53. The fraction of sp³-hybridized carbons (Fsp3) is 0.400. The summed E-state index contributed by atoms with van der Waals surface area (Å²) in [5, 5.41) is 23.6. The van der Waals surface area contributed by atoms with E-state index in [1.54, 1.807) is 18.2 Å². The van der Waals surface area contributed by atoms with E-state index in [9.17, 15) is 4.79 Å². The van der Waals surface area contributed by atoms with Gasteiger partial charge in [0.25, 0.3) is 0 Å². The molecule has 0 aliphatic carbocycles. The predicted molar refractivity (Wildman–Crippen MR) is 76.9 cm³/mol. The maximum atomic E-state index is 11.7. The van der Waals surface area contributed by atoms with Crippen LogP contribution in [0.25, 0.3) is 0 Å². The Morgan fingerprint density at radius 1 is 1.30 bits per heavy atom. The maximum Gasteiger partial charge on any atom is 0.239 e. The van der Waals surface area contributed by atoms with Crippen LogP contribution in [0.1, 0.15) is 37.8 Å². The first-order valence-electron chi connectivity index (χ1n) is 6.58. The average Bonchev–Trinajstić information content (AvgIpc) is 2.44. The van der Waals surface area contributed by atoms with E-state index in [4.69, 9.17) is 10.5 Å². The van der Waals surface area contributed by atoms with Crippen LogP contribution in [0.2, 0.25) is 0 Å². The van der Waals surface area contributed by atoms with E-state index in [-0.39, 0.29) is 18.5 Å². The van der Waals surface area contributed by atoms with E-state index < -0.39 is 0 Å². The topological polar surface area (TPSA) is 88.7 Å². The lowest BCUT2D eigenvalue weighted by Gasteiger charge is -2.13. The molecule has 2 N–H and O–H groups in total. The second kappa shape index (κ2) is 7.81. The minimum absolute atomic E-state index is 0.0891. The number of amides is 1. The number of hydrogen-bond donors (Lipinski definition) is 2. The number of carbonyl (C=O) groups excluding carboxylic acids is 1. The SMILES string of the molecule is CCCC(C)NC(=O)CNc1ccc(C#N)c(C#N)c1. The fourth-order valence-electron chi connectivity index (χ4n) is 1.86. The van der Waals surface area contributed by atoms with E-state index in [0.717, 1.165) is 12.8 Å². The van der Waals surface area contributed by atoms with Crippen molar-refractivity contribution >= 4 is 11.6 Å². The van der Waals surface area contributed by atoms with Gasteiger partial charge in [-0.15, -0.1) is 0 Å². The molecular formula is C15H18N4O. The van der Waals surface area contributed by atoms with E-state index >= 15 is 0 Å². The van der Waals surface area contributed by atoms with Crippen molar-refractivity contribution in [3.63, 3.8) is 0 Å². The summed E-state index contributed by atoms with van der Waals surface area (Å²) in [6.45, 7) is 4.18. The predicted octanol–water partition coefficient (Wildman–Crippen LogP) is 2.15. The molecule has 1 unspecified atom stereocenters. The van der Waals surface area contributed by atoms with E-state index in [1.165, 1.54) is 0 Å². The highest BCUT2D eigenvalue weighted by molar-refractivity contribution is 5.81. The van der Waals surface area contributed by atoms with Crippen LogP contribution in [-0.2, 0) is 4.79 Å². The van der Waals surface area contributed by atoms with Crippen molar-refractivity contribution in [2.45, 2.75) is 32.7 Å². The second-order valence-electron chi connectivity index (χ2n) is 4.59. The fourth-order valence-corrected chi connectivity index (χ4v) is 1.86. The van der Waals surface area contributed by atoms with Crippen molar-refractivity contribution in [2.75, 3.05) is 11.9 Å². The third kappa shape index (κ3) is 4.62. The largest absolute Gasteiger partial charge is 0.376 e. The van der Waals surface area contributed by atoms with Crippen LogP contribution in [0.3, 0.4) is 0 Å². The van der Waals surface area contributed by atoms with Crippen molar-refractivity contribution in [3.8, 4) is 12.1 Å². The molecule has 0 saturated heterocycles. The third-order valence-electron chi connectivity index (χ3n) is 2.84. The molecule has 1 aromatic carbocycles. The number of hydrogen-bond acceptors (Lipinski definition) is 4. The summed E-state index contributed by atoms with van der Waals surface area (Å²) in [5.74, 6) is -0.0891. The van der Waals surface area contributed by atoms with Crippen molar-refractivity contribution < 1.29 is 4.79 Å². The first-order valence-corrected chi connectivity index (χ1v) is 6.58. The van der Waals surface area contributed by atoms with Gasteiger partial charge < -0.3 is 10.6 Å². The number of nitriles is 2. The lowest BCUT2D eigenvalue weighted by molar-refractivity contribution is -0.120. The van der Waals surface area contributed by atoms with Crippen molar-refractivity contribution in [2.24, 2.45) is 0 Å². The summed E-state index contributed by atoms with van der Waals surface area (Å²) in [7, 11) is 0. The molecule has 0 radical (unpaired) electrons. The summed E-state index contributed by atoms with van der Waals surface area (Å²) in [6.07, 6.45) is 1.97. The monoisotopic (exact) mass is 270 g/mol. The van der Waals surface area contributed by atoms with Gasteiger partial charge >= 0.3 is 0 Å². The Labute approximate surface area is 119 Å². The molecule has 0 heterocycles. The third-order valence-corrected chi connectivity index (χ3v) is 2.84. The summed E-state index contributed by atoms with van der Waals surface area (Å²) in [4.78, 5) is 11.7. The van der Waals surface area contributed by atoms with Crippen LogP contribution in [-0.4, -0.2) is 18.5 Å². The molecule has 1 atom stereocenters. The average molecular weight is 270 g/mol. The summed E-state index contributed by atoms with van der Waals surface area (Å²) >= 11 is 0. The Balaban J connectivity index is 2.56. The van der Waals surface area contributed by atoms with Crippen LogP contribution in [0.5, 0.6) is 0 Å². The molecule has 0 spiro atoms. The number of benzene rings is 1. The van der Waals surface area contributed by atoms with Gasteiger partial charge in [-0.05, 0) is 31.5 Å². The molecule has 5 heteroatoms. The smallest absolute Gasteiger partial charge is 0.239 e. The standard InChI is InChI=1S/C15H18N4O/c1-3-4-11(2)19-15(20)10-18-14-6-5-12(8-16)13(7-14)9-17/h5-7,11,18H,3-4,10H2,1-2H3,(H,19,20). The minimum Gasteiger partial charge on any atom is -0.376 e. The Morgan fingerprint density at radius 3 is 2.60 bits per heavy atom. The van der Waals surface area contributed by atoms with Gasteiger partial charge in [-0.1, -0.05) is 13.3 Å². The van der Waals surface area contributed by atoms with Crippen molar-refractivity contribution in [1.29, 1.82) is 10.5 Å². The van der Waals surface area contributed by atoms with Crippen LogP contribution in [0.15, 0.2) is 18.2 Å². The lowest BCUT2D eigenvalue weighted by atomic mass is 10.1. The number of rotatable bonds is 6. The number of carbonyl (C=O) groups is 1. The van der Waals surface area contributed by atoms with Gasteiger partial charge in [-0.3, -0.25) is 4.79 Å².